The van der Waals surface area contributed by atoms with Crippen LogP contribution in [0.2, 0.25) is 0 Å². The lowest BCUT2D eigenvalue weighted by molar-refractivity contribution is -0.135. The number of aliphatic hydroxyl groups excluding tert-OH is 1. The van der Waals surface area contributed by atoms with Crippen LogP contribution in [0.25, 0.3) is 5.57 Å². The molecule has 9 heteroatoms. The predicted molar refractivity (Wildman–Crippen MR) is 177 cm³/mol. The number of hydrogen-bond acceptors (Lipinski definition) is 7. The first-order valence-electron chi connectivity index (χ1n) is 16.3. The summed E-state index contributed by atoms with van der Waals surface area (Å²) in [5.74, 6) is -5.85. The molecule has 0 radical (unpaired) electrons. The van der Waals surface area contributed by atoms with E-state index in [0.717, 1.165) is 10.5 Å². The number of imide groups is 1. The van der Waals surface area contributed by atoms with E-state index in [2.05, 4.69) is 0 Å². The monoisotopic (exact) mass is 653 g/mol. The average Bonchev–Trinajstić information content (AvgIpc) is 3.71. The van der Waals surface area contributed by atoms with Gasteiger partial charge in [0, 0.05) is 11.5 Å². The summed E-state index contributed by atoms with van der Waals surface area (Å²) in [6.07, 6.45) is 3.71. The highest BCUT2D eigenvalue weighted by atomic mass is 16.4. The van der Waals surface area contributed by atoms with E-state index in [1.807, 2.05) is 42.5 Å². The molecule has 244 valence electrons. The number of allylic oxidation sites excluding steroid dienone is 4. The Balaban J connectivity index is 1.33. The Morgan fingerprint density at radius 3 is 2.29 bits per heavy atom. The van der Waals surface area contributed by atoms with E-state index in [9.17, 15) is 34.2 Å². The van der Waals surface area contributed by atoms with Crippen LogP contribution in [0.5, 0.6) is 0 Å². The first-order chi connectivity index (χ1) is 23.7. The molecular formula is C40H31NO8. The number of Topliss-reactive ketones (excluding diaryl/α,β-unsaturated/α-hetero) is 1. The lowest BCUT2D eigenvalue weighted by Gasteiger charge is -2.54. The van der Waals surface area contributed by atoms with Crippen molar-refractivity contribution >= 4 is 40.6 Å². The first-order valence-corrected chi connectivity index (χ1v) is 16.3. The van der Waals surface area contributed by atoms with Crippen molar-refractivity contribution in [3.05, 3.63) is 143 Å². The molecule has 2 fully saturated rings. The summed E-state index contributed by atoms with van der Waals surface area (Å²) >= 11 is 0. The molecule has 0 spiro atoms. The second kappa shape index (κ2) is 11.5. The van der Waals surface area contributed by atoms with Gasteiger partial charge in [0.2, 0.25) is 11.8 Å². The van der Waals surface area contributed by atoms with Gasteiger partial charge in [-0.1, -0.05) is 78.4 Å². The zero-order valence-corrected chi connectivity index (χ0v) is 26.2. The number of rotatable bonds is 6. The van der Waals surface area contributed by atoms with Crippen LogP contribution in [-0.4, -0.2) is 39.6 Å². The third-order valence-corrected chi connectivity index (χ3v) is 10.8. The van der Waals surface area contributed by atoms with Crippen LogP contribution in [0.1, 0.15) is 51.8 Å². The number of aromatic carboxylic acids is 1. The molecule has 4 aromatic rings. The van der Waals surface area contributed by atoms with Crippen LogP contribution < -0.4 is 4.90 Å². The van der Waals surface area contributed by atoms with Crippen LogP contribution in [0.4, 0.5) is 5.69 Å². The highest BCUT2D eigenvalue weighted by Gasteiger charge is 2.66. The Morgan fingerprint density at radius 2 is 1.59 bits per heavy atom. The van der Waals surface area contributed by atoms with E-state index in [0.29, 0.717) is 16.9 Å². The molecule has 3 aromatic carbocycles. The van der Waals surface area contributed by atoms with Crippen LogP contribution in [-0.2, 0) is 31.2 Å². The zero-order valence-electron chi connectivity index (χ0n) is 26.2. The molecule has 9 nitrogen and oxygen atoms in total. The van der Waals surface area contributed by atoms with Gasteiger partial charge in [0.1, 0.15) is 18.1 Å². The van der Waals surface area contributed by atoms with Crippen molar-refractivity contribution < 1.29 is 38.6 Å². The quantitative estimate of drug-likeness (QED) is 0.205. The van der Waals surface area contributed by atoms with Crippen LogP contribution in [0, 0.1) is 23.7 Å². The number of amides is 2. The molecular weight excluding hydrogens is 622 g/mol. The summed E-state index contributed by atoms with van der Waals surface area (Å²) < 4.78 is 6.20. The fourth-order valence-electron chi connectivity index (χ4n) is 8.85. The maximum absolute atomic E-state index is 15.0. The van der Waals surface area contributed by atoms with Crippen LogP contribution in [0.3, 0.4) is 0 Å². The van der Waals surface area contributed by atoms with Gasteiger partial charge < -0.3 is 14.6 Å². The van der Waals surface area contributed by atoms with Gasteiger partial charge in [0.15, 0.2) is 11.6 Å². The van der Waals surface area contributed by atoms with Crippen molar-refractivity contribution in [2.75, 3.05) is 4.90 Å². The van der Waals surface area contributed by atoms with Crippen LogP contribution in [0.15, 0.2) is 119 Å². The molecule has 0 unspecified atom stereocenters. The SMILES string of the molecule is O=C(O)c1cccc(N2C(=O)[C@H]3[C@H](CC=C4[C@H]3C[C@H]3C(=O)C(c5ccccc5)=CC(=O)[C@@]3(c3ccccc3)[C@H]4c3ccc(CO)o3)C2=O)c1. The Labute approximate surface area is 281 Å². The number of benzene rings is 3. The zero-order chi connectivity index (χ0) is 34.0. The normalized spacial score (nSPS) is 27.6. The van der Waals surface area contributed by atoms with Gasteiger partial charge in [0.05, 0.1) is 34.4 Å². The minimum Gasteiger partial charge on any atom is -0.478 e. The Kier molecular flexibility index (Phi) is 7.19. The van der Waals surface area contributed by atoms with E-state index >= 15 is 0 Å². The van der Waals surface area contributed by atoms with Gasteiger partial charge in [-0.05, 0) is 66.3 Å². The van der Waals surface area contributed by atoms with Crippen molar-refractivity contribution in [1.29, 1.82) is 0 Å². The summed E-state index contributed by atoms with van der Waals surface area (Å²) in [7, 11) is 0. The van der Waals surface area contributed by atoms with E-state index < -0.39 is 52.8 Å². The van der Waals surface area contributed by atoms with Crippen LogP contribution >= 0.6 is 0 Å². The molecule has 1 saturated heterocycles. The summed E-state index contributed by atoms with van der Waals surface area (Å²) in [4.78, 5) is 71.1. The molecule has 2 amide bonds. The lowest BCUT2D eigenvalue weighted by atomic mass is 9.45. The predicted octanol–water partition coefficient (Wildman–Crippen LogP) is 5.50. The molecule has 8 rings (SSSR count). The minimum absolute atomic E-state index is 0.0544. The summed E-state index contributed by atoms with van der Waals surface area (Å²) in [5, 5.41) is 19.6. The molecule has 6 atom stereocenters. The maximum Gasteiger partial charge on any atom is 0.335 e. The highest BCUT2D eigenvalue weighted by Crippen LogP contribution is 2.63. The number of carboxylic acids is 1. The highest BCUT2D eigenvalue weighted by molar-refractivity contribution is 6.32. The number of aliphatic hydroxyl groups is 1. The van der Waals surface area contributed by atoms with E-state index in [-0.39, 0.29) is 53.6 Å². The van der Waals surface area contributed by atoms with Crippen molar-refractivity contribution in [1.82, 2.24) is 0 Å². The standard InChI is InChI=1S/C40H31NO8/c42-21-26-14-17-32(49-26)35-27-15-16-28-34(38(46)41(37(28)45)25-13-7-10-23(18-25)39(47)48)30(27)19-31-36(44)29(22-8-3-1-4-9-22)20-33(43)40(31,35)24-11-5-2-6-12-24/h1-15,17-18,20,28,30-31,34-35,42H,16,19,21H2,(H,47,48)/t28-,30+,31-,34-,35+,40-/m0/s1. The van der Waals surface area contributed by atoms with E-state index in [1.54, 1.807) is 36.4 Å². The van der Waals surface area contributed by atoms with Crippen molar-refractivity contribution in [3.8, 4) is 0 Å². The number of carboxylic acid groups (broad SMARTS) is 1. The van der Waals surface area contributed by atoms with Gasteiger partial charge in [-0.3, -0.25) is 24.1 Å². The molecule has 3 aliphatic carbocycles. The second-order valence-corrected chi connectivity index (χ2v) is 13.1. The topological polar surface area (TPSA) is 142 Å². The van der Waals surface area contributed by atoms with Gasteiger partial charge in [-0.15, -0.1) is 0 Å². The largest absolute Gasteiger partial charge is 0.478 e. The molecule has 0 bridgehead atoms. The second-order valence-electron chi connectivity index (χ2n) is 13.1. The fraction of sp³-hybridized carbons (Fsp3) is 0.225. The third kappa shape index (κ3) is 4.45. The number of ketones is 2. The molecule has 4 aliphatic rings. The Hall–Kier alpha value is -5.67. The summed E-state index contributed by atoms with van der Waals surface area (Å²) in [6, 6.07) is 27.3. The Morgan fingerprint density at radius 1 is 0.857 bits per heavy atom. The summed E-state index contributed by atoms with van der Waals surface area (Å²) in [5.41, 5.74) is 0.958. The molecule has 1 aromatic heterocycles. The number of fused-ring (bicyclic) bond motifs is 4. The number of nitrogens with zero attached hydrogens (tertiary/aromatic N) is 1. The molecule has 2 N–H and O–H groups in total. The molecule has 49 heavy (non-hydrogen) atoms. The number of hydrogen-bond donors (Lipinski definition) is 2. The van der Waals surface area contributed by atoms with E-state index in [1.165, 1.54) is 30.3 Å². The van der Waals surface area contributed by atoms with E-state index in [4.69, 9.17) is 4.42 Å². The van der Waals surface area contributed by atoms with Crippen molar-refractivity contribution in [3.63, 3.8) is 0 Å². The number of carbonyl (C=O) groups excluding carboxylic acids is 4. The number of carbonyl (C=O) groups is 5. The minimum atomic E-state index is -1.43. The Bertz CT molecular complexity index is 2110. The summed E-state index contributed by atoms with van der Waals surface area (Å²) in [6.45, 7) is -0.371. The van der Waals surface area contributed by atoms with Crippen molar-refractivity contribution in [2.24, 2.45) is 23.7 Å². The van der Waals surface area contributed by atoms with Gasteiger partial charge in [0.25, 0.3) is 0 Å². The smallest absolute Gasteiger partial charge is 0.335 e. The molecule has 1 aliphatic heterocycles. The van der Waals surface area contributed by atoms with Gasteiger partial charge in [-0.2, -0.15) is 0 Å². The first kappa shape index (κ1) is 30.7. The average molecular weight is 654 g/mol. The third-order valence-electron chi connectivity index (χ3n) is 10.8. The molecule has 1 saturated carbocycles. The van der Waals surface area contributed by atoms with Crippen molar-refractivity contribution in [2.45, 2.75) is 30.8 Å². The van der Waals surface area contributed by atoms with Gasteiger partial charge >= 0.3 is 5.97 Å². The number of furan rings is 1. The maximum atomic E-state index is 15.0. The van der Waals surface area contributed by atoms with Gasteiger partial charge in [-0.25, -0.2) is 4.79 Å². The molecule has 2 heterocycles. The number of anilines is 1. The fourth-order valence-corrected chi connectivity index (χ4v) is 8.85. The lowest BCUT2D eigenvalue weighted by Crippen LogP contribution is -2.58.